The van der Waals surface area contributed by atoms with Gasteiger partial charge in [0.05, 0.1) is 17.1 Å². The van der Waals surface area contributed by atoms with Crippen molar-refractivity contribution in [1.29, 1.82) is 0 Å². The average Bonchev–Trinajstić information content (AvgIpc) is 2.88. The smallest absolute Gasteiger partial charge is 0.103 e. The molecule has 0 N–H and O–H groups in total. The molecule has 132 valence electrons. The fourth-order valence-electron chi connectivity index (χ4n) is 3.97. The van der Waals surface area contributed by atoms with Crippen LogP contribution in [0.5, 0.6) is 0 Å². The highest BCUT2D eigenvalue weighted by Gasteiger charge is 2.27. The van der Waals surface area contributed by atoms with Gasteiger partial charge < -0.3 is 9.80 Å². The van der Waals surface area contributed by atoms with Crippen molar-refractivity contribution in [3.63, 3.8) is 0 Å². The van der Waals surface area contributed by atoms with Crippen molar-refractivity contribution in [2.24, 2.45) is 0 Å². The Morgan fingerprint density at radius 2 is 1.60 bits per heavy atom. The molecule has 1 aliphatic heterocycles. The van der Waals surface area contributed by atoms with E-state index >= 15 is 0 Å². The first-order valence-electron chi connectivity index (χ1n) is 9.10. The van der Waals surface area contributed by atoms with Crippen LogP contribution in [0.25, 0.3) is 11.3 Å². The number of aromatic nitrogens is 1. The molecule has 2 aromatic rings. The molecule has 0 amide bonds. The maximum Gasteiger partial charge on any atom is 0.103 e. The Balaban J connectivity index is 2.04. The van der Waals surface area contributed by atoms with Crippen LogP contribution in [-0.2, 0) is 0 Å². The summed E-state index contributed by atoms with van der Waals surface area (Å²) in [6, 6.07) is 9.15. The lowest BCUT2D eigenvalue weighted by Gasteiger charge is -2.33. The summed E-state index contributed by atoms with van der Waals surface area (Å²) in [6.45, 7) is 15.3. The number of benzene rings is 1. The average molecular weight is 335 g/mol. The molecule has 0 fully saturated rings. The molecule has 3 nitrogen and oxygen atoms in total. The zero-order valence-corrected chi connectivity index (χ0v) is 16.5. The molecule has 2 heterocycles. The lowest BCUT2D eigenvalue weighted by Crippen LogP contribution is -2.40. The minimum absolute atomic E-state index is 0.310. The summed E-state index contributed by atoms with van der Waals surface area (Å²) in [6.07, 6.45) is 4.68. The van der Waals surface area contributed by atoms with E-state index in [0.29, 0.717) is 12.2 Å². The van der Waals surface area contributed by atoms with Gasteiger partial charge in [0.2, 0.25) is 0 Å². The molecule has 0 saturated heterocycles. The molecule has 25 heavy (non-hydrogen) atoms. The van der Waals surface area contributed by atoms with Gasteiger partial charge in [0.1, 0.15) is 6.17 Å². The van der Waals surface area contributed by atoms with Crippen LogP contribution in [0.2, 0.25) is 0 Å². The van der Waals surface area contributed by atoms with Crippen LogP contribution < -0.4 is 4.90 Å². The van der Waals surface area contributed by atoms with Crippen molar-refractivity contribution < 1.29 is 0 Å². The van der Waals surface area contributed by atoms with E-state index < -0.39 is 0 Å². The van der Waals surface area contributed by atoms with Crippen LogP contribution >= 0.6 is 0 Å². The molecular formula is C22H29N3. The molecular weight excluding hydrogens is 306 g/mol. The molecule has 0 bridgehead atoms. The highest BCUT2D eigenvalue weighted by molar-refractivity contribution is 5.72. The lowest BCUT2D eigenvalue weighted by molar-refractivity contribution is 0.263. The predicted molar refractivity (Wildman–Crippen MR) is 107 cm³/mol. The van der Waals surface area contributed by atoms with Crippen molar-refractivity contribution in [3.05, 3.63) is 59.0 Å². The van der Waals surface area contributed by atoms with Crippen molar-refractivity contribution in [1.82, 2.24) is 9.88 Å². The van der Waals surface area contributed by atoms with E-state index in [1.54, 1.807) is 0 Å². The first-order valence-corrected chi connectivity index (χ1v) is 9.10. The fraction of sp³-hybridized carbons (Fsp3) is 0.409. The van der Waals surface area contributed by atoms with Gasteiger partial charge in [-0.1, -0.05) is 18.2 Å². The maximum absolute atomic E-state index is 4.98. The summed E-state index contributed by atoms with van der Waals surface area (Å²) in [4.78, 5) is 9.69. The van der Waals surface area contributed by atoms with Crippen LogP contribution in [0, 0.1) is 27.7 Å². The van der Waals surface area contributed by atoms with E-state index in [1.165, 1.54) is 27.9 Å². The first-order chi connectivity index (χ1) is 11.8. The van der Waals surface area contributed by atoms with Crippen LogP contribution in [0.1, 0.15) is 43.2 Å². The monoisotopic (exact) mass is 335 g/mol. The van der Waals surface area contributed by atoms with E-state index in [0.717, 1.165) is 11.4 Å². The normalized spacial score (nSPS) is 17.0. The van der Waals surface area contributed by atoms with Gasteiger partial charge in [0, 0.05) is 24.0 Å². The van der Waals surface area contributed by atoms with Crippen molar-refractivity contribution in [2.45, 2.75) is 60.7 Å². The summed E-state index contributed by atoms with van der Waals surface area (Å²) in [5.74, 6) is 0. The molecule has 0 aliphatic carbocycles. The number of hydrogen-bond donors (Lipinski definition) is 0. The van der Waals surface area contributed by atoms with E-state index in [-0.39, 0.29) is 0 Å². The first kappa shape index (κ1) is 17.5. The zero-order chi connectivity index (χ0) is 18.3. The van der Waals surface area contributed by atoms with Crippen LogP contribution in [0.3, 0.4) is 0 Å². The summed E-state index contributed by atoms with van der Waals surface area (Å²) in [7, 11) is 0. The van der Waals surface area contributed by atoms with Crippen molar-refractivity contribution in [3.8, 4) is 11.3 Å². The second kappa shape index (κ2) is 6.55. The van der Waals surface area contributed by atoms with Crippen molar-refractivity contribution in [2.75, 3.05) is 4.90 Å². The topological polar surface area (TPSA) is 19.4 Å². The maximum atomic E-state index is 4.98. The SMILES string of the molecule is Cc1cccc(C)c1-c1cc(C)c(N2C=CN(C(C)C)[C@H]2C)c(C)n1. The third kappa shape index (κ3) is 3.04. The predicted octanol–water partition coefficient (Wildman–Crippen LogP) is 5.33. The Morgan fingerprint density at radius 3 is 2.12 bits per heavy atom. The highest BCUT2D eigenvalue weighted by atomic mass is 15.4. The Labute approximate surface area is 152 Å². The molecule has 1 aromatic heterocycles. The van der Waals surface area contributed by atoms with Gasteiger partial charge in [-0.15, -0.1) is 0 Å². The summed E-state index contributed by atoms with van der Waals surface area (Å²) in [5.41, 5.74) is 8.47. The van der Waals surface area contributed by atoms with E-state index in [2.05, 4.69) is 94.9 Å². The highest BCUT2D eigenvalue weighted by Crippen LogP contribution is 2.34. The van der Waals surface area contributed by atoms with E-state index in [9.17, 15) is 0 Å². The van der Waals surface area contributed by atoms with Gasteiger partial charge >= 0.3 is 0 Å². The number of pyridine rings is 1. The van der Waals surface area contributed by atoms with Gasteiger partial charge in [0.25, 0.3) is 0 Å². The Bertz CT molecular complexity index is 777. The van der Waals surface area contributed by atoms with Gasteiger partial charge in [-0.25, -0.2) is 0 Å². The molecule has 0 unspecified atom stereocenters. The summed E-state index contributed by atoms with van der Waals surface area (Å²) >= 11 is 0. The van der Waals surface area contributed by atoms with Crippen molar-refractivity contribution >= 4 is 5.69 Å². The van der Waals surface area contributed by atoms with Crippen LogP contribution in [-0.4, -0.2) is 22.1 Å². The molecule has 0 spiro atoms. The molecule has 3 rings (SSSR count). The number of anilines is 1. The minimum Gasteiger partial charge on any atom is -0.353 e. The fourth-order valence-corrected chi connectivity index (χ4v) is 3.97. The standard InChI is InChI=1S/C22H29N3/c1-14(2)24-11-12-25(19(24)7)22-17(5)13-20(23-18(22)6)21-15(3)9-8-10-16(21)4/h8-14,19H,1-7H3/t19-/m1/s1. The second-order valence-corrected chi connectivity index (χ2v) is 7.40. The lowest BCUT2D eigenvalue weighted by atomic mass is 9.98. The van der Waals surface area contributed by atoms with Gasteiger partial charge in [-0.05, 0) is 71.2 Å². The third-order valence-electron chi connectivity index (χ3n) is 5.18. The molecule has 3 heteroatoms. The number of hydrogen-bond acceptors (Lipinski definition) is 3. The Hall–Kier alpha value is -2.29. The Kier molecular flexibility index (Phi) is 4.59. The largest absolute Gasteiger partial charge is 0.353 e. The zero-order valence-electron chi connectivity index (χ0n) is 16.5. The molecule has 0 saturated carbocycles. The molecule has 0 radical (unpaired) electrons. The second-order valence-electron chi connectivity index (χ2n) is 7.40. The summed E-state index contributed by atoms with van der Waals surface area (Å²) < 4.78 is 0. The number of nitrogens with zero attached hydrogens (tertiary/aromatic N) is 3. The van der Waals surface area contributed by atoms with Crippen LogP contribution in [0.15, 0.2) is 36.7 Å². The number of rotatable bonds is 3. The third-order valence-corrected chi connectivity index (χ3v) is 5.18. The van der Waals surface area contributed by atoms with Gasteiger partial charge in [0.15, 0.2) is 0 Å². The van der Waals surface area contributed by atoms with Gasteiger partial charge in [-0.2, -0.15) is 0 Å². The van der Waals surface area contributed by atoms with Gasteiger partial charge in [-0.3, -0.25) is 4.98 Å². The van der Waals surface area contributed by atoms with Crippen LogP contribution in [0.4, 0.5) is 5.69 Å². The quantitative estimate of drug-likeness (QED) is 0.756. The molecule has 1 atom stereocenters. The summed E-state index contributed by atoms with van der Waals surface area (Å²) in [5, 5.41) is 0. The molecule has 1 aliphatic rings. The Morgan fingerprint density at radius 1 is 0.960 bits per heavy atom. The van der Waals surface area contributed by atoms with E-state index in [1.807, 2.05) is 0 Å². The van der Waals surface area contributed by atoms with E-state index in [4.69, 9.17) is 4.98 Å². The molecule has 1 aromatic carbocycles. The minimum atomic E-state index is 0.310. The number of aryl methyl sites for hydroxylation is 4.